The number of nitrogens with zero attached hydrogens (tertiary/aromatic N) is 3. The van der Waals surface area contributed by atoms with Crippen molar-refractivity contribution in [1.82, 2.24) is 14.9 Å². The average molecular weight is 283 g/mol. The van der Waals surface area contributed by atoms with Crippen LogP contribution in [0.25, 0.3) is 0 Å². The van der Waals surface area contributed by atoms with Gasteiger partial charge in [-0.05, 0) is 39.3 Å². The fourth-order valence-electron chi connectivity index (χ4n) is 2.45. The van der Waals surface area contributed by atoms with Gasteiger partial charge in [0.25, 0.3) is 0 Å². The summed E-state index contributed by atoms with van der Waals surface area (Å²) in [6.45, 7) is 7.71. The Kier molecular flexibility index (Phi) is 5.40. The van der Waals surface area contributed by atoms with Gasteiger partial charge in [-0.3, -0.25) is 4.90 Å². The SMILES string of the molecule is CCCc1nc(Cl)cc(NCC(C)N2CCCC2)n1. The van der Waals surface area contributed by atoms with Gasteiger partial charge in [0, 0.05) is 25.1 Å². The van der Waals surface area contributed by atoms with Gasteiger partial charge >= 0.3 is 0 Å². The van der Waals surface area contributed by atoms with E-state index < -0.39 is 0 Å². The van der Waals surface area contributed by atoms with Gasteiger partial charge in [0.15, 0.2) is 0 Å². The van der Waals surface area contributed by atoms with E-state index in [1.54, 1.807) is 6.07 Å². The predicted molar refractivity (Wildman–Crippen MR) is 79.8 cm³/mol. The van der Waals surface area contributed by atoms with E-state index in [2.05, 4.69) is 34.0 Å². The predicted octanol–water partition coefficient (Wildman–Crippen LogP) is 2.98. The Morgan fingerprint density at radius 1 is 1.37 bits per heavy atom. The van der Waals surface area contributed by atoms with E-state index in [0.29, 0.717) is 11.2 Å². The van der Waals surface area contributed by atoms with E-state index in [9.17, 15) is 0 Å². The van der Waals surface area contributed by atoms with Crippen LogP contribution in [0.1, 0.15) is 38.9 Å². The van der Waals surface area contributed by atoms with Crippen LogP contribution < -0.4 is 5.32 Å². The van der Waals surface area contributed by atoms with Gasteiger partial charge in [0.05, 0.1) is 0 Å². The van der Waals surface area contributed by atoms with Crippen molar-refractivity contribution >= 4 is 17.4 Å². The van der Waals surface area contributed by atoms with Crippen LogP contribution in [-0.2, 0) is 6.42 Å². The zero-order chi connectivity index (χ0) is 13.7. The Hall–Kier alpha value is -0.870. The molecule has 106 valence electrons. The van der Waals surface area contributed by atoms with E-state index in [4.69, 9.17) is 11.6 Å². The lowest BCUT2D eigenvalue weighted by Crippen LogP contribution is -2.35. The molecule has 1 fully saturated rings. The van der Waals surface area contributed by atoms with Crippen LogP contribution in [0.5, 0.6) is 0 Å². The largest absolute Gasteiger partial charge is 0.368 e. The number of hydrogen-bond acceptors (Lipinski definition) is 4. The molecule has 1 unspecified atom stereocenters. The van der Waals surface area contributed by atoms with Crippen molar-refractivity contribution < 1.29 is 0 Å². The molecule has 0 aromatic carbocycles. The van der Waals surface area contributed by atoms with Crippen molar-refractivity contribution in [3.63, 3.8) is 0 Å². The van der Waals surface area contributed by atoms with Gasteiger partial charge in [-0.2, -0.15) is 0 Å². The molecule has 1 aliphatic heterocycles. The van der Waals surface area contributed by atoms with Gasteiger partial charge in [0.2, 0.25) is 0 Å². The molecule has 0 amide bonds. The molecule has 0 spiro atoms. The zero-order valence-electron chi connectivity index (χ0n) is 11.8. The lowest BCUT2D eigenvalue weighted by atomic mass is 10.3. The number of rotatable bonds is 6. The molecule has 2 heterocycles. The normalized spacial score (nSPS) is 17.6. The summed E-state index contributed by atoms with van der Waals surface area (Å²) in [6.07, 6.45) is 4.55. The summed E-state index contributed by atoms with van der Waals surface area (Å²) in [6, 6.07) is 2.34. The van der Waals surface area contributed by atoms with Crippen LogP contribution in [0, 0.1) is 0 Å². The highest BCUT2D eigenvalue weighted by atomic mass is 35.5. The Morgan fingerprint density at radius 2 is 2.11 bits per heavy atom. The Morgan fingerprint density at radius 3 is 2.79 bits per heavy atom. The maximum Gasteiger partial charge on any atom is 0.134 e. The topological polar surface area (TPSA) is 41.1 Å². The molecule has 1 atom stereocenters. The number of anilines is 1. The number of aromatic nitrogens is 2. The van der Waals surface area contributed by atoms with E-state index >= 15 is 0 Å². The fraction of sp³-hybridized carbons (Fsp3) is 0.714. The number of hydrogen-bond donors (Lipinski definition) is 1. The first-order valence-electron chi connectivity index (χ1n) is 7.20. The summed E-state index contributed by atoms with van der Waals surface area (Å²) in [5.74, 6) is 1.67. The van der Waals surface area contributed by atoms with Gasteiger partial charge in [-0.15, -0.1) is 0 Å². The van der Waals surface area contributed by atoms with Gasteiger partial charge in [0.1, 0.15) is 16.8 Å². The molecule has 0 saturated carbocycles. The molecule has 2 rings (SSSR count). The molecule has 0 aliphatic carbocycles. The van der Waals surface area contributed by atoms with Crippen LogP contribution >= 0.6 is 11.6 Å². The lowest BCUT2D eigenvalue weighted by molar-refractivity contribution is 0.269. The second-order valence-corrected chi connectivity index (χ2v) is 5.60. The molecule has 1 aliphatic rings. The first kappa shape index (κ1) is 14.5. The summed E-state index contributed by atoms with van der Waals surface area (Å²) in [5, 5.41) is 3.91. The minimum atomic E-state index is 0.523. The molecule has 1 N–H and O–H groups in total. The lowest BCUT2D eigenvalue weighted by Gasteiger charge is -2.24. The van der Waals surface area contributed by atoms with E-state index in [0.717, 1.165) is 31.0 Å². The number of likely N-dealkylation sites (tertiary alicyclic amines) is 1. The second kappa shape index (κ2) is 7.06. The third kappa shape index (κ3) is 4.32. The van der Waals surface area contributed by atoms with Crippen LogP contribution in [-0.4, -0.2) is 40.5 Å². The number of nitrogens with one attached hydrogen (secondary N) is 1. The summed E-state index contributed by atoms with van der Waals surface area (Å²) in [4.78, 5) is 11.2. The van der Waals surface area contributed by atoms with E-state index in [-0.39, 0.29) is 0 Å². The zero-order valence-corrected chi connectivity index (χ0v) is 12.6. The van der Waals surface area contributed by atoms with Crippen molar-refractivity contribution in [1.29, 1.82) is 0 Å². The molecule has 1 saturated heterocycles. The molecular weight excluding hydrogens is 260 g/mol. The van der Waals surface area contributed by atoms with Crippen LogP contribution in [0.2, 0.25) is 5.15 Å². The van der Waals surface area contributed by atoms with E-state index in [1.807, 2.05) is 0 Å². The Labute approximate surface area is 120 Å². The highest BCUT2D eigenvalue weighted by Crippen LogP contribution is 2.15. The van der Waals surface area contributed by atoms with Gasteiger partial charge in [-0.25, -0.2) is 9.97 Å². The molecule has 1 aromatic rings. The highest BCUT2D eigenvalue weighted by Gasteiger charge is 2.17. The van der Waals surface area contributed by atoms with Crippen LogP contribution in [0.3, 0.4) is 0 Å². The minimum absolute atomic E-state index is 0.523. The third-order valence-corrected chi connectivity index (χ3v) is 3.75. The van der Waals surface area contributed by atoms with Crippen molar-refractivity contribution in [3.8, 4) is 0 Å². The molecule has 4 nitrogen and oxygen atoms in total. The molecule has 0 bridgehead atoms. The third-order valence-electron chi connectivity index (χ3n) is 3.56. The maximum atomic E-state index is 6.03. The maximum absolute atomic E-state index is 6.03. The molecule has 19 heavy (non-hydrogen) atoms. The standard InChI is InChI=1S/C14H23ClN4/c1-3-6-13-17-12(15)9-14(18-13)16-10-11(2)19-7-4-5-8-19/h9,11H,3-8,10H2,1-2H3,(H,16,17,18). The quantitative estimate of drug-likeness (QED) is 0.815. The first-order valence-corrected chi connectivity index (χ1v) is 7.58. The van der Waals surface area contributed by atoms with Crippen molar-refractivity contribution in [2.24, 2.45) is 0 Å². The first-order chi connectivity index (χ1) is 9.19. The molecule has 1 aromatic heterocycles. The molecular formula is C14H23ClN4. The van der Waals surface area contributed by atoms with Crippen molar-refractivity contribution in [2.45, 2.75) is 45.6 Å². The monoisotopic (exact) mass is 282 g/mol. The van der Waals surface area contributed by atoms with E-state index in [1.165, 1.54) is 25.9 Å². The average Bonchev–Trinajstić information content (AvgIpc) is 2.89. The van der Waals surface area contributed by atoms with Crippen LogP contribution in [0.15, 0.2) is 6.07 Å². The highest BCUT2D eigenvalue weighted by molar-refractivity contribution is 6.29. The Bertz CT molecular complexity index is 404. The number of aryl methyl sites for hydroxylation is 1. The van der Waals surface area contributed by atoms with Crippen molar-refractivity contribution in [3.05, 3.63) is 17.0 Å². The second-order valence-electron chi connectivity index (χ2n) is 5.22. The molecule has 0 radical (unpaired) electrons. The summed E-state index contributed by atoms with van der Waals surface area (Å²) >= 11 is 6.03. The summed E-state index contributed by atoms with van der Waals surface area (Å²) in [5.41, 5.74) is 0. The summed E-state index contributed by atoms with van der Waals surface area (Å²) < 4.78 is 0. The van der Waals surface area contributed by atoms with Crippen molar-refractivity contribution in [2.75, 3.05) is 25.0 Å². The summed E-state index contributed by atoms with van der Waals surface area (Å²) in [7, 11) is 0. The van der Waals surface area contributed by atoms with Gasteiger partial charge in [-0.1, -0.05) is 18.5 Å². The smallest absolute Gasteiger partial charge is 0.134 e. The van der Waals surface area contributed by atoms with Crippen LogP contribution in [0.4, 0.5) is 5.82 Å². The minimum Gasteiger partial charge on any atom is -0.368 e. The number of halogens is 1. The molecule has 5 heteroatoms. The Balaban J connectivity index is 1.90. The fourth-order valence-corrected chi connectivity index (χ4v) is 2.66. The van der Waals surface area contributed by atoms with Gasteiger partial charge < -0.3 is 5.32 Å².